The zero-order valence-corrected chi connectivity index (χ0v) is 15.7. The highest BCUT2D eigenvalue weighted by atomic mass is 79.9. The summed E-state index contributed by atoms with van der Waals surface area (Å²) in [5.74, 6) is 1.04. The maximum atomic E-state index is 12.4. The van der Waals surface area contributed by atoms with Gasteiger partial charge >= 0.3 is 0 Å². The summed E-state index contributed by atoms with van der Waals surface area (Å²) in [4.78, 5) is 12.9. The lowest BCUT2D eigenvalue weighted by Crippen LogP contribution is -2.22. The minimum atomic E-state index is -0.273. The van der Waals surface area contributed by atoms with Gasteiger partial charge in [0.2, 0.25) is 0 Å². The SMILES string of the molecule is COc1ccc(/C=N\N2C(=O)/C(=C/c3ccco3)SC2=S)cc1Br. The van der Waals surface area contributed by atoms with Crippen LogP contribution in [0.5, 0.6) is 5.75 Å². The molecule has 122 valence electrons. The van der Waals surface area contributed by atoms with Crippen molar-refractivity contribution >= 4 is 62.4 Å². The van der Waals surface area contributed by atoms with Crippen molar-refractivity contribution in [1.29, 1.82) is 0 Å². The fourth-order valence-corrected chi connectivity index (χ4v) is 3.66. The number of ether oxygens (including phenoxy) is 1. The molecule has 0 N–H and O–H groups in total. The fourth-order valence-electron chi connectivity index (χ4n) is 1.95. The smallest absolute Gasteiger partial charge is 0.286 e. The zero-order valence-electron chi connectivity index (χ0n) is 12.4. The monoisotopic (exact) mass is 422 g/mol. The third-order valence-electron chi connectivity index (χ3n) is 3.09. The van der Waals surface area contributed by atoms with Crippen LogP contribution in [-0.4, -0.2) is 28.6 Å². The molecular weight excluding hydrogens is 412 g/mol. The minimum absolute atomic E-state index is 0.273. The van der Waals surface area contributed by atoms with E-state index in [2.05, 4.69) is 21.0 Å². The molecule has 1 aromatic carbocycles. The van der Waals surface area contributed by atoms with Crippen molar-refractivity contribution < 1.29 is 13.9 Å². The number of thioether (sulfide) groups is 1. The second-order valence-electron chi connectivity index (χ2n) is 4.65. The summed E-state index contributed by atoms with van der Waals surface area (Å²) in [5, 5.41) is 5.40. The van der Waals surface area contributed by atoms with Crippen LogP contribution in [0.1, 0.15) is 11.3 Å². The molecule has 8 heteroatoms. The summed E-state index contributed by atoms with van der Waals surface area (Å²) in [6.07, 6.45) is 4.77. The Morgan fingerprint density at radius 2 is 2.25 bits per heavy atom. The Hall–Kier alpha value is -1.90. The Kier molecular flexibility index (Phi) is 5.17. The highest BCUT2D eigenvalue weighted by molar-refractivity contribution is 9.10. The quantitative estimate of drug-likeness (QED) is 0.417. The number of thiocarbonyl (C=S) groups is 1. The molecule has 0 atom stereocenters. The number of carbonyl (C=O) groups is 1. The van der Waals surface area contributed by atoms with Crippen molar-refractivity contribution in [3.63, 3.8) is 0 Å². The van der Waals surface area contributed by atoms with Gasteiger partial charge in [-0.3, -0.25) is 4.79 Å². The molecule has 24 heavy (non-hydrogen) atoms. The molecule has 1 saturated heterocycles. The normalized spacial score (nSPS) is 16.6. The molecule has 1 aliphatic heterocycles. The molecule has 3 rings (SSSR count). The molecule has 2 aromatic rings. The zero-order chi connectivity index (χ0) is 17.1. The Bertz CT molecular complexity index is 847. The van der Waals surface area contributed by atoms with Crippen LogP contribution < -0.4 is 4.74 Å². The van der Waals surface area contributed by atoms with Gasteiger partial charge in [0.25, 0.3) is 5.91 Å². The molecule has 0 saturated carbocycles. The molecular formula is C16H11BrN2O3S2. The summed E-state index contributed by atoms with van der Waals surface area (Å²) in [6, 6.07) is 9.02. The van der Waals surface area contributed by atoms with Crippen molar-refractivity contribution in [2.45, 2.75) is 0 Å². The maximum Gasteiger partial charge on any atom is 0.286 e. The van der Waals surface area contributed by atoms with E-state index < -0.39 is 0 Å². The third kappa shape index (κ3) is 3.61. The van der Waals surface area contributed by atoms with Gasteiger partial charge in [0.05, 0.1) is 29.0 Å². The molecule has 5 nitrogen and oxygen atoms in total. The van der Waals surface area contributed by atoms with E-state index in [1.807, 2.05) is 18.2 Å². The highest BCUT2D eigenvalue weighted by Crippen LogP contribution is 2.33. The molecule has 2 heterocycles. The van der Waals surface area contributed by atoms with Crippen LogP contribution in [-0.2, 0) is 4.79 Å². The molecule has 1 fully saturated rings. The number of carbonyl (C=O) groups excluding carboxylic acids is 1. The van der Waals surface area contributed by atoms with E-state index in [0.717, 1.165) is 15.8 Å². The van der Waals surface area contributed by atoms with E-state index in [4.69, 9.17) is 21.4 Å². The van der Waals surface area contributed by atoms with Crippen LogP contribution in [0.3, 0.4) is 0 Å². The molecule has 1 aliphatic rings. The molecule has 0 radical (unpaired) electrons. The summed E-state index contributed by atoms with van der Waals surface area (Å²) < 4.78 is 11.6. The number of hydrazone groups is 1. The van der Waals surface area contributed by atoms with E-state index in [-0.39, 0.29) is 5.91 Å². The molecule has 0 spiro atoms. The number of hydrogen-bond acceptors (Lipinski definition) is 6. The Morgan fingerprint density at radius 1 is 1.42 bits per heavy atom. The van der Waals surface area contributed by atoms with Crippen LogP contribution in [0.15, 0.2) is 55.5 Å². The van der Waals surface area contributed by atoms with Crippen LogP contribution in [0.2, 0.25) is 0 Å². The molecule has 0 bridgehead atoms. The van der Waals surface area contributed by atoms with Crippen molar-refractivity contribution in [1.82, 2.24) is 5.01 Å². The second-order valence-corrected chi connectivity index (χ2v) is 7.18. The van der Waals surface area contributed by atoms with Gasteiger partial charge in [-0.15, -0.1) is 0 Å². The topological polar surface area (TPSA) is 55.0 Å². The van der Waals surface area contributed by atoms with Crippen LogP contribution >= 0.6 is 39.9 Å². The van der Waals surface area contributed by atoms with Crippen LogP contribution in [0.25, 0.3) is 6.08 Å². The standard InChI is InChI=1S/C16H11BrN2O3S2/c1-21-13-5-4-10(7-12(13)17)9-18-19-15(20)14(24-16(19)23)8-11-3-2-6-22-11/h2-9H,1H3/b14-8-,18-9-. The predicted molar refractivity (Wildman–Crippen MR) is 102 cm³/mol. The summed E-state index contributed by atoms with van der Waals surface area (Å²) in [7, 11) is 1.60. The van der Waals surface area contributed by atoms with Crippen molar-refractivity contribution in [3.05, 3.63) is 57.3 Å². The Morgan fingerprint density at radius 3 is 2.92 bits per heavy atom. The summed E-state index contributed by atoms with van der Waals surface area (Å²) in [6.45, 7) is 0. The maximum absolute atomic E-state index is 12.4. The van der Waals surface area contributed by atoms with Gasteiger partial charge in [0.1, 0.15) is 11.5 Å². The Labute approximate surface area is 156 Å². The second kappa shape index (κ2) is 7.33. The van der Waals surface area contributed by atoms with E-state index in [1.54, 1.807) is 37.8 Å². The fraction of sp³-hybridized carbons (Fsp3) is 0.0625. The Balaban J connectivity index is 1.79. The van der Waals surface area contributed by atoms with Gasteiger partial charge in [-0.05, 0) is 64.0 Å². The van der Waals surface area contributed by atoms with Gasteiger partial charge in [-0.2, -0.15) is 10.1 Å². The molecule has 1 aromatic heterocycles. The van der Waals surface area contributed by atoms with E-state index in [0.29, 0.717) is 15.0 Å². The first-order valence-electron chi connectivity index (χ1n) is 6.77. The number of amides is 1. The van der Waals surface area contributed by atoms with E-state index in [9.17, 15) is 4.79 Å². The summed E-state index contributed by atoms with van der Waals surface area (Å²) >= 11 is 9.83. The van der Waals surface area contributed by atoms with E-state index >= 15 is 0 Å². The predicted octanol–water partition coefficient (Wildman–Crippen LogP) is 4.29. The first-order chi connectivity index (χ1) is 11.6. The third-order valence-corrected chi connectivity index (χ3v) is 4.99. The average molecular weight is 423 g/mol. The van der Waals surface area contributed by atoms with Crippen LogP contribution in [0.4, 0.5) is 0 Å². The number of rotatable bonds is 4. The van der Waals surface area contributed by atoms with Gasteiger partial charge < -0.3 is 9.15 Å². The number of hydrogen-bond donors (Lipinski definition) is 0. The number of furan rings is 1. The number of methoxy groups -OCH3 is 1. The number of halogens is 1. The van der Waals surface area contributed by atoms with Crippen molar-refractivity contribution in [3.8, 4) is 5.75 Å². The first kappa shape index (κ1) is 16.9. The summed E-state index contributed by atoms with van der Waals surface area (Å²) in [5.41, 5.74) is 0.812. The largest absolute Gasteiger partial charge is 0.496 e. The minimum Gasteiger partial charge on any atom is -0.496 e. The number of nitrogens with zero attached hydrogens (tertiary/aromatic N) is 2. The van der Waals surface area contributed by atoms with Gasteiger partial charge in [-0.1, -0.05) is 11.8 Å². The highest BCUT2D eigenvalue weighted by Gasteiger charge is 2.32. The van der Waals surface area contributed by atoms with Crippen LogP contribution in [0, 0.1) is 0 Å². The van der Waals surface area contributed by atoms with Gasteiger partial charge in [0.15, 0.2) is 4.32 Å². The number of benzene rings is 1. The lowest BCUT2D eigenvalue weighted by Gasteiger charge is -2.07. The first-order valence-corrected chi connectivity index (χ1v) is 8.79. The molecule has 0 unspecified atom stereocenters. The molecule has 1 amide bonds. The van der Waals surface area contributed by atoms with Gasteiger partial charge in [-0.25, -0.2) is 0 Å². The average Bonchev–Trinajstić information content (AvgIpc) is 3.15. The lowest BCUT2D eigenvalue weighted by molar-refractivity contribution is -0.122. The van der Waals surface area contributed by atoms with Crippen molar-refractivity contribution in [2.75, 3.05) is 7.11 Å². The van der Waals surface area contributed by atoms with Crippen molar-refractivity contribution in [2.24, 2.45) is 5.10 Å². The van der Waals surface area contributed by atoms with E-state index in [1.165, 1.54) is 16.8 Å². The van der Waals surface area contributed by atoms with Gasteiger partial charge in [0, 0.05) is 6.08 Å². The lowest BCUT2D eigenvalue weighted by atomic mass is 10.2. The molecule has 0 aliphatic carbocycles.